The molecule has 0 unspecified atom stereocenters. The van der Waals surface area contributed by atoms with E-state index in [4.69, 9.17) is 9.47 Å². The molecule has 0 aliphatic carbocycles. The molecule has 0 amide bonds. The van der Waals surface area contributed by atoms with Gasteiger partial charge in [-0.2, -0.15) is 0 Å². The predicted octanol–water partition coefficient (Wildman–Crippen LogP) is 5.62. The van der Waals surface area contributed by atoms with E-state index in [0.29, 0.717) is 23.3 Å². The molecule has 5 heteroatoms. The Morgan fingerprint density at radius 3 is 2.54 bits per heavy atom. The molecule has 0 saturated heterocycles. The lowest BCUT2D eigenvalue weighted by Gasteiger charge is -2.14. The Bertz CT molecular complexity index is 1110. The predicted molar refractivity (Wildman–Crippen MR) is 110 cm³/mol. The van der Waals surface area contributed by atoms with Crippen LogP contribution in [0, 0.1) is 0 Å². The third-order valence-corrected chi connectivity index (χ3v) is 4.61. The number of hydrogen-bond acceptors (Lipinski definition) is 5. The Morgan fingerprint density at radius 1 is 0.893 bits per heavy atom. The van der Waals surface area contributed by atoms with Gasteiger partial charge in [0.15, 0.2) is 11.5 Å². The highest BCUT2D eigenvalue weighted by Gasteiger charge is 2.13. The molecule has 2 aromatic carbocycles. The van der Waals surface area contributed by atoms with E-state index >= 15 is 0 Å². The van der Waals surface area contributed by atoms with Gasteiger partial charge in [0.25, 0.3) is 0 Å². The Hall–Kier alpha value is -3.47. The second-order valence-corrected chi connectivity index (χ2v) is 6.82. The highest BCUT2D eigenvalue weighted by molar-refractivity contribution is 5.87. The Balaban J connectivity index is 1.77. The van der Waals surface area contributed by atoms with Gasteiger partial charge in [0.05, 0.1) is 12.6 Å². The molecule has 0 N–H and O–H groups in total. The van der Waals surface area contributed by atoms with E-state index < -0.39 is 0 Å². The minimum absolute atomic E-state index is 0.353. The van der Waals surface area contributed by atoms with Crippen LogP contribution in [0.4, 0.5) is 0 Å². The van der Waals surface area contributed by atoms with Crippen molar-refractivity contribution in [2.75, 3.05) is 7.11 Å². The van der Waals surface area contributed by atoms with Crippen LogP contribution in [0.2, 0.25) is 0 Å². The zero-order chi connectivity index (χ0) is 19.5. The van der Waals surface area contributed by atoms with E-state index in [-0.39, 0.29) is 0 Å². The maximum absolute atomic E-state index is 5.87. The Kier molecular flexibility index (Phi) is 4.89. The van der Waals surface area contributed by atoms with Crippen molar-refractivity contribution in [3.05, 3.63) is 72.8 Å². The second kappa shape index (κ2) is 7.64. The van der Waals surface area contributed by atoms with Gasteiger partial charge in [-0.25, -0.2) is 15.0 Å². The lowest BCUT2D eigenvalue weighted by Crippen LogP contribution is -1.95. The van der Waals surface area contributed by atoms with Crippen LogP contribution in [0.3, 0.4) is 0 Å². The van der Waals surface area contributed by atoms with Gasteiger partial charge < -0.3 is 9.47 Å². The monoisotopic (exact) mass is 371 g/mol. The molecule has 4 aromatic rings. The summed E-state index contributed by atoms with van der Waals surface area (Å²) < 4.78 is 11.4. The van der Waals surface area contributed by atoms with Gasteiger partial charge in [0.1, 0.15) is 6.33 Å². The summed E-state index contributed by atoms with van der Waals surface area (Å²) >= 11 is 0. The first kappa shape index (κ1) is 17.9. The van der Waals surface area contributed by atoms with Crippen molar-refractivity contribution in [3.63, 3.8) is 0 Å². The number of aromatic nitrogens is 3. The van der Waals surface area contributed by atoms with Crippen molar-refractivity contribution >= 4 is 10.9 Å². The van der Waals surface area contributed by atoms with Crippen LogP contribution in [-0.2, 0) is 0 Å². The van der Waals surface area contributed by atoms with Crippen molar-refractivity contribution in [2.45, 2.75) is 19.8 Å². The fourth-order valence-corrected chi connectivity index (χ4v) is 3.19. The molecule has 0 atom stereocenters. The molecule has 0 aliphatic heterocycles. The fraction of sp³-hybridized carbons (Fsp3) is 0.174. The maximum Gasteiger partial charge on any atom is 0.219 e. The SMILES string of the molecule is COc1cc(-c2cc(C(C)C)c3ncncc3c2)ccc1Oc1ccccn1. The normalized spacial score (nSPS) is 11.0. The van der Waals surface area contributed by atoms with E-state index in [2.05, 4.69) is 40.9 Å². The molecule has 2 heterocycles. The smallest absolute Gasteiger partial charge is 0.219 e. The largest absolute Gasteiger partial charge is 0.493 e. The maximum atomic E-state index is 5.87. The third kappa shape index (κ3) is 3.51. The molecular formula is C23H21N3O2. The van der Waals surface area contributed by atoms with Crippen LogP contribution in [0.1, 0.15) is 25.3 Å². The van der Waals surface area contributed by atoms with Crippen LogP contribution >= 0.6 is 0 Å². The molecule has 0 spiro atoms. The molecule has 2 aromatic heterocycles. The van der Waals surface area contributed by atoms with E-state index in [1.165, 1.54) is 5.56 Å². The number of ether oxygens (including phenoxy) is 2. The summed E-state index contributed by atoms with van der Waals surface area (Å²) in [7, 11) is 1.64. The van der Waals surface area contributed by atoms with Gasteiger partial charge in [-0.05, 0) is 52.9 Å². The van der Waals surface area contributed by atoms with Gasteiger partial charge in [-0.15, -0.1) is 0 Å². The van der Waals surface area contributed by atoms with Crippen molar-refractivity contribution in [1.29, 1.82) is 0 Å². The number of benzene rings is 2. The summed E-state index contributed by atoms with van der Waals surface area (Å²) in [5, 5.41) is 1.02. The highest BCUT2D eigenvalue weighted by atomic mass is 16.5. The number of fused-ring (bicyclic) bond motifs is 1. The highest BCUT2D eigenvalue weighted by Crippen LogP contribution is 2.37. The van der Waals surface area contributed by atoms with Crippen molar-refractivity contribution in [2.24, 2.45) is 0 Å². The number of nitrogens with zero attached hydrogens (tertiary/aromatic N) is 3. The summed E-state index contributed by atoms with van der Waals surface area (Å²) in [5.74, 6) is 2.15. The van der Waals surface area contributed by atoms with Gasteiger partial charge in [0.2, 0.25) is 5.88 Å². The van der Waals surface area contributed by atoms with E-state index in [1.807, 2.05) is 42.6 Å². The average Bonchev–Trinajstić information content (AvgIpc) is 2.74. The molecule has 0 bridgehead atoms. The van der Waals surface area contributed by atoms with E-state index in [0.717, 1.165) is 22.0 Å². The number of rotatable bonds is 5. The molecule has 28 heavy (non-hydrogen) atoms. The van der Waals surface area contributed by atoms with Gasteiger partial charge in [-0.1, -0.05) is 26.0 Å². The lowest BCUT2D eigenvalue weighted by molar-refractivity contribution is 0.374. The molecule has 0 saturated carbocycles. The zero-order valence-corrected chi connectivity index (χ0v) is 16.1. The topological polar surface area (TPSA) is 57.1 Å². The van der Waals surface area contributed by atoms with E-state index in [9.17, 15) is 0 Å². The quantitative estimate of drug-likeness (QED) is 0.456. The number of hydrogen-bond donors (Lipinski definition) is 0. The van der Waals surface area contributed by atoms with Crippen molar-refractivity contribution < 1.29 is 9.47 Å². The second-order valence-electron chi connectivity index (χ2n) is 6.82. The lowest BCUT2D eigenvalue weighted by atomic mass is 9.94. The Labute approximate surface area is 164 Å². The summed E-state index contributed by atoms with van der Waals surface area (Å²) in [5.41, 5.74) is 4.32. The van der Waals surface area contributed by atoms with Crippen LogP contribution in [0.5, 0.6) is 17.4 Å². The number of pyridine rings is 1. The van der Waals surface area contributed by atoms with Crippen LogP contribution in [-0.4, -0.2) is 22.1 Å². The molecule has 0 radical (unpaired) electrons. The first-order valence-electron chi connectivity index (χ1n) is 9.16. The molecule has 140 valence electrons. The molecule has 0 fully saturated rings. The summed E-state index contributed by atoms with van der Waals surface area (Å²) in [6.45, 7) is 4.34. The Morgan fingerprint density at radius 2 is 1.79 bits per heavy atom. The van der Waals surface area contributed by atoms with E-state index in [1.54, 1.807) is 19.6 Å². The van der Waals surface area contributed by atoms with Gasteiger partial charge in [-0.3, -0.25) is 0 Å². The van der Waals surface area contributed by atoms with Crippen LogP contribution in [0.25, 0.3) is 22.0 Å². The first-order valence-corrected chi connectivity index (χ1v) is 9.16. The summed E-state index contributed by atoms with van der Waals surface area (Å²) in [6, 6.07) is 15.7. The minimum Gasteiger partial charge on any atom is -0.493 e. The third-order valence-electron chi connectivity index (χ3n) is 4.61. The van der Waals surface area contributed by atoms with Gasteiger partial charge >= 0.3 is 0 Å². The van der Waals surface area contributed by atoms with Crippen molar-refractivity contribution in [3.8, 4) is 28.5 Å². The summed E-state index contributed by atoms with van der Waals surface area (Å²) in [4.78, 5) is 12.9. The fourth-order valence-electron chi connectivity index (χ4n) is 3.19. The van der Waals surface area contributed by atoms with Crippen LogP contribution in [0.15, 0.2) is 67.3 Å². The molecule has 4 rings (SSSR count). The zero-order valence-electron chi connectivity index (χ0n) is 16.1. The minimum atomic E-state index is 0.353. The summed E-state index contributed by atoms with van der Waals surface area (Å²) in [6.07, 6.45) is 5.15. The average molecular weight is 371 g/mol. The number of methoxy groups -OCH3 is 1. The first-order chi connectivity index (χ1) is 13.7. The molecular weight excluding hydrogens is 350 g/mol. The standard InChI is InChI=1S/C23H21N3O2/c1-15(2)19-11-17(10-18-13-24-14-26-23(18)19)16-7-8-20(21(12-16)27-3)28-22-6-4-5-9-25-22/h4-15H,1-3H3. The van der Waals surface area contributed by atoms with Gasteiger partial charge in [0, 0.05) is 23.8 Å². The molecule has 0 aliphatic rings. The van der Waals surface area contributed by atoms with Crippen molar-refractivity contribution in [1.82, 2.24) is 15.0 Å². The van der Waals surface area contributed by atoms with Crippen LogP contribution < -0.4 is 9.47 Å². The molecule has 5 nitrogen and oxygen atoms in total.